The van der Waals surface area contributed by atoms with Crippen molar-refractivity contribution in [3.8, 4) is 5.75 Å². The van der Waals surface area contributed by atoms with Gasteiger partial charge in [0.05, 0.1) is 25.1 Å². The van der Waals surface area contributed by atoms with Crippen LogP contribution in [0, 0.1) is 19.8 Å². The molecule has 0 saturated heterocycles. The van der Waals surface area contributed by atoms with Gasteiger partial charge in [-0.2, -0.15) is 0 Å². The van der Waals surface area contributed by atoms with Crippen LogP contribution in [0.25, 0.3) is 0 Å². The van der Waals surface area contributed by atoms with Crippen molar-refractivity contribution in [2.75, 3.05) is 24.2 Å². The predicted molar refractivity (Wildman–Crippen MR) is 121 cm³/mol. The molecule has 2 aromatic rings. The van der Waals surface area contributed by atoms with Crippen molar-refractivity contribution in [1.82, 2.24) is 5.32 Å². The molecule has 0 aromatic heterocycles. The Balaban J connectivity index is 2.25. The summed E-state index contributed by atoms with van der Waals surface area (Å²) in [6, 6.07) is 12.8. The van der Waals surface area contributed by atoms with Gasteiger partial charge in [0, 0.05) is 0 Å². The summed E-state index contributed by atoms with van der Waals surface area (Å²) in [5.74, 6) is 0.746. The summed E-state index contributed by atoms with van der Waals surface area (Å²) in [5.41, 5.74) is 3.31. The second-order valence-electron chi connectivity index (χ2n) is 8.08. The first kappa shape index (κ1) is 23.7. The summed E-state index contributed by atoms with van der Waals surface area (Å²) in [7, 11) is -2.02. The maximum Gasteiger partial charge on any atom is 0.241 e. The summed E-state index contributed by atoms with van der Waals surface area (Å²) >= 11 is 0. The zero-order chi connectivity index (χ0) is 22.5. The van der Waals surface area contributed by atoms with Crippen LogP contribution < -0.4 is 14.4 Å². The number of hydrogen-bond donors (Lipinski definition) is 1. The molecule has 0 aliphatic heterocycles. The molecule has 0 spiro atoms. The van der Waals surface area contributed by atoms with Crippen molar-refractivity contribution in [3.05, 3.63) is 59.2 Å². The van der Waals surface area contributed by atoms with Crippen LogP contribution in [0.2, 0.25) is 0 Å². The molecule has 6 nitrogen and oxygen atoms in total. The van der Waals surface area contributed by atoms with Gasteiger partial charge in [0.25, 0.3) is 0 Å². The summed E-state index contributed by atoms with van der Waals surface area (Å²) in [6.07, 6.45) is 1.86. The molecule has 164 valence electrons. The van der Waals surface area contributed by atoms with Crippen LogP contribution in [0.3, 0.4) is 0 Å². The molecule has 0 radical (unpaired) electrons. The Labute approximate surface area is 180 Å². The normalized spacial score (nSPS) is 12.5. The van der Waals surface area contributed by atoms with Crippen molar-refractivity contribution in [2.24, 2.45) is 5.92 Å². The van der Waals surface area contributed by atoms with E-state index in [1.54, 1.807) is 13.2 Å². The second-order valence-corrected chi connectivity index (χ2v) is 9.99. The molecular weight excluding hydrogens is 400 g/mol. The third kappa shape index (κ3) is 6.49. The lowest BCUT2D eigenvalue weighted by atomic mass is 9.97. The van der Waals surface area contributed by atoms with E-state index in [-0.39, 0.29) is 18.5 Å². The number of aryl methyl sites for hydroxylation is 2. The van der Waals surface area contributed by atoms with E-state index >= 15 is 0 Å². The van der Waals surface area contributed by atoms with E-state index in [0.717, 1.165) is 39.4 Å². The van der Waals surface area contributed by atoms with Gasteiger partial charge in [-0.05, 0) is 55.5 Å². The molecule has 0 unspecified atom stereocenters. The molecule has 7 heteroatoms. The van der Waals surface area contributed by atoms with Gasteiger partial charge in [0.1, 0.15) is 12.3 Å². The first-order valence-electron chi connectivity index (χ1n) is 9.99. The molecule has 0 heterocycles. The molecule has 0 aliphatic carbocycles. The van der Waals surface area contributed by atoms with E-state index < -0.39 is 10.0 Å². The number of hydrogen-bond acceptors (Lipinski definition) is 4. The van der Waals surface area contributed by atoms with Gasteiger partial charge in [-0.15, -0.1) is 0 Å². The zero-order valence-electron chi connectivity index (χ0n) is 18.6. The van der Waals surface area contributed by atoms with Crippen LogP contribution in [0.15, 0.2) is 42.5 Å². The minimum absolute atomic E-state index is 0.219. The Kier molecular flexibility index (Phi) is 7.89. The maximum absolute atomic E-state index is 12.9. The monoisotopic (exact) mass is 432 g/mol. The molecule has 0 aliphatic rings. The molecule has 0 saturated carbocycles. The van der Waals surface area contributed by atoms with Crippen LogP contribution in [-0.2, 0) is 14.8 Å². The number of nitrogens with zero attached hydrogens (tertiary/aromatic N) is 1. The fraction of sp³-hybridized carbons (Fsp3) is 0.435. The first-order chi connectivity index (χ1) is 14.0. The van der Waals surface area contributed by atoms with Crippen molar-refractivity contribution < 1.29 is 17.9 Å². The zero-order valence-corrected chi connectivity index (χ0v) is 19.4. The largest absolute Gasteiger partial charge is 0.497 e. The highest BCUT2D eigenvalue weighted by molar-refractivity contribution is 7.92. The topological polar surface area (TPSA) is 75.7 Å². The predicted octanol–water partition coefficient (Wildman–Crippen LogP) is 3.98. The SMILES string of the molecule is COc1ccc([C@@H](CC(C)C)NC(=O)CN(c2ccc(C)cc2C)S(C)(=O)=O)cc1. The number of sulfonamides is 1. The molecule has 1 N–H and O–H groups in total. The number of anilines is 1. The Hall–Kier alpha value is -2.54. The van der Waals surface area contributed by atoms with Crippen molar-refractivity contribution in [3.63, 3.8) is 0 Å². The average molecular weight is 433 g/mol. The van der Waals surface area contributed by atoms with Crippen molar-refractivity contribution in [2.45, 2.75) is 40.2 Å². The average Bonchev–Trinajstić information content (AvgIpc) is 2.65. The number of rotatable bonds is 9. The van der Waals surface area contributed by atoms with Gasteiger partial charge >= 0.3 is 0 Å². The quantitative estimate of drug-likeness (QED) is 0.650. The summed E-state index contributed by atoms with van der Waals surface area (Å²) in [6.45, 7) is 7.69. The summed E-state index contributed by atoms with van der Waals surface area (Å²) in [4.78, 5) is 12.9. The lowest BCUT2D eigenvalue weighted by Crippen LogP contribution is -2.42. The van der Waals surface area contributed by atoms with Gasteiger partial charge in [0.2, 0.25) is 15.9 Å². The molecule has 0 bridgehead atoms. The molecule has 1 atom stereocenters. The smallest absolute Gasteiger partial charge is 0.241 e. The second kappa shape index (κ2) is 9.98. The number of methoxy groups -OCH3 is 1. The first-order valence-corrected chi connectivity index (χ1v) is 11.8. The molecular formula is C23H32N2O4S. The van der Waals surface area contributed by atoms with Crippen molar-refractivity contribution in [1.29, 1.82) is 0 Å². The Bertz CT molecular complexity index is 969. The molecule has 30 heavy (non-hydrogen) atoms. The highest BCUT2D eigenvalue weighted by atomic mass is 32.2. The van der Waals surface area contributed by atoms with Gasteiger partial charge in [0.15, 0.2) is 0 Å². The highest BCUT2D eigenvalue weighted by Crippen LogP contribution is 2.25. The number of carbonyl (C=O) groups is 1. The fourth-order valence-corrected chi connectivity index (χ4v) is 4.34. The molecule has 0 fully saturated rings. The van der Waals surface area contributed by atoms with Gasteiger partial charge < -0.3 is 10.1 Å². The van der Waals surface area contributed by atoms with E-state index in [4.69, 9.17) is 4.74 Å². The number of ether oxygens (including phenoxy) is 1. The highest BCUT2D eigenvalue weighted by Gasteiger charge is 2.24. The van der Waals surface area contributed by atoms with Crippen LogP contribution in [0.5, 0.6) is 5.75 Å². The minimum Gasteiger partial charge on any atom is -0.497 e. The Morgan fingerprint density at radius 3 is 2.23 bits per heavy atom. The number of amides is 1. The summed E-state index contributed by atoms with van der Waals surface area (Å²) < 4.78 is 31.3. The van der Waals surface area contributed by atoms with Crippen LogP contribution in [0.4, 0.5) is 5.69 Å². The van der Waals surface area contributed by atoms with Gasteiger partial charge in [-0.3, -0.25) is 9.10 Å². The third-order valence-corrected chi connectivity index (χ3v) is 6.00. The third-order valence-electron chi connectivity index (χ3n) is 4.87. The van der Waals surface area contributed by atoms with E-state index in [0.29, 0.717) is 11.6 Å². The van der Waals surface area contributed by atoms with Crippen LogP contribution in [0.1, 0.15) is 43.0 Å². The van der Waals surface area contributed by atoms with E-state index in [2.05, 4.69) is 19.2 Å². The van der Waals surface area contributed by atoms with Gasteiger partial charge in [-0.25, -0.2) is 8.42 Å². The molecule has 2 aromatic carbocycles. The Morgan fingerprint density at radius 2 is 1.73 bits per heavy atom. The standard InChI is InChI=1S/C23H32N2O4S/c1-16(2)13-21(19-8-10-20(29-5)11-9-19)24-23(26)15-25(30(6,27)28)22-12-7-17(3)14-18(22)4/h7-12,14,16,21H,13,15H2,1-6H3,(H,24,26)/t21-/m1/s1. The number of nitrogens with one attached hydrogen (secondary N) is 1. The van der Waals surface area contributed by atoms with Crippen molar-refractivity contribution >= 4 is 21.6 Å². The van der Waals surface area contributed by atoms with E-state index in [9.17, 15) is 13.2 Å². The number of benzene rings is 2. The lowest BCUT2D eigenvalue weighted by Gasteiger charge is -2.26. The minimum atomic E-state index is -3.62. The Morgan fingerprint density at radius 1 is 1.10 bits per heavy atom. The van der Waals surface area contributed by atoms with E-state index in [1.165, 1.54) is 0 Å². The molecule has 2 rings (SSSR count). The van der Waals surface area contributed by atoms with Crippen LogP contribution in [-0.4, -0.2) is 34.2 Å². The van der Waals surface area contributed by atoms with E-state index in [1.807, 2.05) is 50.2 Å². The fourth-order valence-electron chi connectivity index (χ4n) is 3.42. The van der Waals surface area contributed by atoms with Crippen LogP contribution >= 0.6 is 0 Å². The van der Waals surface area contributed by atoms with Gasteiger partial charge in [-0.1, -0.05) is 43.7 Å². The molecule has 1 amide bonds. The summed E-state index contributed by atoms with van der Waals surface area (Å²) in [5, 5.41) is 3.02. The lowest BCUT2D eigenvalue weighted by molar-refractivity contribution is -0.120. The maximum atomic E-state index is 12.9. The number of carbonyl (C=O) groups excluding carboxylic acids is 1.